The minimum Gasteiger partial charge on any atom is -0.405 e. The third-order valence-electron chi connectivity index (χ3n) is 4.59. The molecule has 0 saturated carbocycles. The molecule has 6 nitrogen and oxygen atoms in total. The second kappa shape index (κ2) is 9.31. The van der Waals surface area contributed by atoms with Gasteiger partial charge in [-0.2, -0.15) is 0 Å². The summed E-state index contributed by atoms with van der Waals surface area (Å²) in [5.41, 5.74) is 14.2. The van der Waals surface area contributed by atoms with E-state index in [2.05, 4.69) is 77.6 Å². The fraction of sp³-hybridized carbons (Fsp3) is 0.400. The first-order valence-electron chi connectivity index (χ1n) is 8.99. The van der Waals surface area contributed by atoms with Crippen molar-refractivity contribution in [3.63, 3.8) is 0 Å². The number of nitrogens with zero attached hydrogens (tertiary/aromatic N) is 1. The Kier molecular flexibility index (Phi) is 7.12. The fourth-order valence-corrected chi connectivity index (χ4v) is 3.19. The highest BCUT2D eigenvalue weighted by atomic mass is 15.2. The van der Waals surface area contributed by atoms with Gasteiger partial charge < -0.3 is 27.1 Å². The number of nitrogens with one attached hydrogen (secondary N) is 3. The molecule has 26 heavy (non-hydrogen) atoms. The lowest BCUT2D eigenvalue weighted by Gasteiger charge is -2.36. The van der Waals surface area contributed by atoms with Crippen molar-refractivity contribution in [1.29, 1.82) is 0 Å². The van der Waals surface area contributed by atoms with Crippen LogP contribution in [0.3, 0.4) is 0 Å². The molecule has 1 aliphatic rings. The number of benzene rings is 1. The van der Waals surface area contributed by atoms with Gasteiger partial charge in [0, 0.05) is 23.8 Å². The summed E-state index contributed by atoms with van der Waals surface area (Å²) >= 11 is 0. The van der Waals surface area contributed by atoms with E-state index in [0.29, 0.717) is 6.04 Å². The van der Waals surface area contributed by atoms with E-state index in [-0.39, 0.29) is 6.17 Å². The first-order chi connectivity index (χ1) is 12.4. The molecule has 6 heteroatoms. The molecule has 3 rings (SSSR count). The standard InChI is InChI=1S/C18H27N5.C2H5N/c1-12-4-6-17-14(8-12)9-16(22-17)10-20-13(2)21-15-5-7-18(19)23(3)11-15;1-2-3/h4,6,8-9,15,18,20-22H,2,5,7,10-11,19H2,1,3H3;2H,1,3H2/t15?,18-;/m1./s1. The Bertz CT molecular complexity index is 735. The van der Waals surface area contributed by atoms with E-state index in [0.717, 1.165) is 37.4 Å². The number of rotatable bonds is 5. The fourth-order valence-electron chi connectivity index (χ4n) is 3.19. The molecule has 1 aliphatic heterocycles. The zero-order chi connectivity index (χ0) is 19.1. The van der Waals surface area contributed by atoms with Crippen molar-refractivity contribution in [3.05, 3.63) is 60.7 Å². The summed E-state index contributed by atoms with van der Waals surface area (Å²) in [4.78, 5) is 5.63. The van der Waals surface area contributed by atoms with Crippen molar-refractivity contribution in [2.45, 2.75) is 38.5 Å². The number of hydrogen-bond donors (Lipinski definition) is 5. The number of likely N-dealkylation sites (tertiary alicyclic amines) is 1. The third-order valence-corrected chi connectivity index (χ3v) is 4.59. The van der Waals surface area contributed by atoms with Crippen LogP contribution in [0, 0.1) is 6.92 Å². The van der Waals surface area contributed by atoms with Crippen molar-refractivity contribution in [3.8, 4) is 0 Å². The van der Waals surface area contributed by atoms with Gasteiger partial charge in [0.05, 0.1) is 18.5 Å². The minimum atomic E-state index is 0.184. The number of nitrogens with two attached hydrogens (primary N) is 2. The maximum atomic E-state index is 6.01. The van der Waals surface area contributed by atoms with E-state index in [4.69, 9.17) is 5.73 Å². The zero-order valence-electron chi connectivity index (χ0n) is 15.9. The second-order valence-corrected chi connectivity index (χ2v) is 6.88. The van der Waals surface area contributed by atoms with Gasteiger partial charge in [-0.1, -0.05) is 24.8 Å². The third kappa shape index (κ3) is 5.54. The SMILES string of the molecule is C=C(NCc1cc2cc(C)ccc2[nH]1)NC1CC[C@H](N)N(C)C1.C=CN. The van der Waals surface area contributed by atoms with Crippen molar-refractivity contribution in [2.24, 2.45) is 11.5 Å². The minimum absolute atomic E-state index is 0.184. The number of hydrogen-bond acceptors (Lipinski definition) is 5. The van der Waals surface area contributed by atoms with Crippen LogP contribution in [0.5, 0.6) is 0 Å². The molecule has 1 aromatic carbocycles. The first-order valence-corrected chi connectivity index (χ1v) is 8.99. The molecule has 2 aromatic rings. The summed E-state index contributed by atoms with van der Waals surface area (Å²) in [6.07, 6.45) is 3.53. The lowest BCUT2D eigenvalue weighted by molar-refractivity contribution is 0.161. The van der Waals surface area contributed by atoms with Crippen LogP contribution >= 0.6 is 0 Å². The van der Waals surface area contributed by atoms with Crippen molar-refractivity contribution >= 4 is 10.9 Å². The Morgan fingerprint density at radius 2 is 2.12 bits per heavy atom. The lowest BCUT2D eigenvalue weighted by atomic mass is 10.0. The molecule has 1 unspecified atom stereocenters. The molecule has 0 radical (unpaired) electrons. The second-order valence-electron chi connectivity index (χ2n) is 6.88. The van der Waals surface area contributed by atoms with E-state index in [1.807, 2.05) is 0 Å². The summed E-state index contributed by atoms with van der Waals surface area (Å²) in [5, 5.41) is 8.08. The summed E-state index contributed by atoms with van der Waals surface area (Å²) in [7, 11) is 2.07. The van der Waals surface area contributed by atoms with Gasteiger partial charge in [-0.25, -0.2) is 0 Å². The molecule has 1 saturated heterocycles. The lowest BCUT2D eigenvalue weighted by Crippen LogP contribution is -2.52. The van der Waals surface area contributed by atoms with Gasteiger partial charge in [-0.3, -0.25) is 4.90 Å². The molecule has 2 heterocycles. The smallest absolute Gasteiger partial charge is 0.0918 e. The van der Waals surface area contributed by atoms with Gasteiger partial charge in [0.15, 0.2) is 0 Å². The summed E-state index contributed by atoms with van der Waals surface area (Å²) < 4.78 is 0. The zero-order valence-corrected chi connectivity index (χ0v) is 15.9. The molecule has 7 N–H and O–H groups in total. The van der Waals surface area contributed by atoms with Crippen molar-refractivity contribution in [2.75, 3.05) is 13.6 Å². The number of piperidine rings is 1. The normalized spacial score (nSPS) is 20.1. The molecule has 142 valence electrons. The van der Waals surface area contributed by atoms with Gasteiger partial charge in [0.1, 0.15) is 0 Å². The van der Waals surface area contributed by atoms with E-state index in [1.54, 1.807) is 0 Å². The maximum Gasteiger partial charge on any atom is 0.0918 e. The Balaban J connectivity index is 0.000000758. The summed E-state index contributed by atoms with van der Waals surface area (Å²) in [5.74, 6) is 0.869. The van der Waals surface area contributed by atoms with Gasteiger partial charge in [0.25, 0.3) is 0 Å². The highest BCUT2D eigenvalue weighted by Gasteiger charge is 2.22. The quantitative estimate of drug-likeness (QED) is 0.565. The van der Waals surface area contributed by atoms with Crippen LogP contribution in [0.25, 0.3) is 10.9 Å². The molecule has 2 atom stereocenters. The molecule has 1 fully saturated rings. The largest absolute Gasteiger partial charge is 0.405 e. The molecular weight excluding hydrogens is 324 g/mol. The van der Waals surface area contributed by atoms with Gasteiger partial charge in [-0.15, -0.1) is 0 Å². The topological polar surface area (TPSA) is 95.1 Å². The Labute approximate surface area is 156 Å². The molecule has 0 spiro atoms. The maximum absolute atomic E-state index is 6.01. The Morgan fingerprint density at radius 1 is 1.38 bits per heavy atom. The monoisotopic (exact) mass is 356 g/mol. The van der Waals surface area contributed by atoms with Crippen LogP contribution in [-0.2, 0) is 6.54 Å². The Hall–Kier alpha value is -2.44. The van der Waals surface area contributed by atoms with Gasteiger partial charge >= 0.3 is 0 Å². The highest BCUT2D eigenvalue weighted by molar-refractivity contribution is 5.81. The van der Waals surface area contributed by atoms with Gasteiger partial charge in [0.2, 0.25) is 0 Å². The van der Waals surface area contributed by atoms with Crippen molar-refractivity contribution < 1.29 is 0 Å². The van der Waals surface area contributed by atoms with Gasteiger partial charge in [-0.05, 0) is 56.6 Å². The highest BCUT2D eigenvalue weighted by Crippen LogP contribution is 2.17. The average molecular weight is 357 g/mol. The Morgan fingerprint density at radius 3 is 2.81 bits per heavy atom. The first kappa shape index (κ1) is 19.9. The number of H-pyrrole nitrogens is 1. The number of aromatic amines is 1. The van der Waals surface area contributed by atoms with E-state index >= 15 is 0 Å². The number of aryl methyl sites for hydroxylation is 1. The predicted octanol–water partition coefficient (Wildman–Crippen LogP) is 2.09. The number of aromatic nitrogens is 1. The van der Waals surface area contributed by atoms with Crippen LogP contribution in [0.1, 0.15) is 24.1 Å². The van der Waals surface area contributed by atoms with E-state index in [9.17, 15) is 0 Å². The number of likely N-dealkylation sites (N-methyl/N-ethyl adjacent to an activating group) is 1. The van der Waals surface area contributed by atoms with Crippen LogP contribution in [0.15, 0.2) is 49.4 Å². The predicted molar refractivity (Wildman–Crippen MR) is 110 cm³/mol. The van der Waals surface area contributed by atoms with Crippen molar-refractivity contribution in [1.82, 2.24) is 20.5 Å². The average Bonchev–Trinajstić information content (AvgIpc) is 2.99. The van der Waals surface area contributed by atoms with E-state index < -0.39 is 0 Å². The molecule has 0 bridgehead atoms. The van der Waals surface area contributed by atoms with Crippen LogP contribution in [0.2, 0.25) is 0 Å². The molecule has 0 aliphatic carbocycles. The van der Waals surface area contributed by atoms with Crippen LogP contribution in [-0.4, -0.2) is 35.7 Å². The molecule has 1 aromatic heterocycles. The molecule has 0 amide bonds. The van der Waals surface area contributed by atoms with Crippen LogP contribution in [0.4, 0.5) is 0 Å². The summed E-state index contributed by atoms with van der Waals surface area (Å²) in [6, 6.07) is 9.05. The number of fused-ring (bicyclic) bond motifs is 1. The summed E-state index contributed by atoms with van der Waals surface area (Å²) in [6.45, 7) is 11.0. The van der Waals surface area contributed by atoms with Crippen LogP contribution < -0.4 is 22.1 Å². The molecular formula is C20H32N6. The van der Waals surface area contributed by atoms with E-state index in [1.165, 1.54) is 22.7 Å².